The second-order valence-corrected chi connectivity index (χ2v) is 6.20. The van der Waals surface area contributed by atoms with Crippen LogP contribution in [0.25, 0.3) is 0 Å². The van der Waals surface area contributed by atoms with Gasteiger partial charge in [0.25, 0.3) is 0 Å². The summed E-state index contributed by atoms with van der Waals surface area (Å²) < 4.78 is 5.08. The summed E-state index contributed by atoms with van der Waals surface area (Å²) in [4.78, 5) is 33.2. The average Bonchev–Trinajstić information content (AvgIpc) is 2.45. The Morgan fingerprint density at radius 1 is 1.09 bits per heavy atom. The number of unbranched alkanes of at least 4 members (excludes halogenated alkanes) is 3. The molecule has 0 rings (SSSR count). The molecule has 22 heavy (non-hydrogen) atoms. The molecule has 0 spiro atoms. The van der Waals surface area contributed by atoms with E-state index in [9.17, 15) is 14.4 Å². The molecule has 0 aliphatic heterocycles. The lowest BCUT2D eigenvalue weighted by Crippen LogP contribution is -2.24. The highest BCUT2D eigenvalue weighted by molar-refractivity contribution is 8.00. The highest BCUT2D eigenvalue weighted by Gasteiger charge is 2.24. The van der Waals surface area contributed by atoms with E-state index < -0.39 is 35.5 Å². The lowest BCUT2D eigenvalue weighted by molar-refractivity contribution is -0.147. The number of esters is 1. The first-order valence-corrected chi connectivity index (χ1v) is 8.27. The third-order valence-corrected chi connectivity index (χ3v) is 4.35. The fraction of sp³-hybridized carbons (Fsp3) is 0.786. The zero-order valence-electron chi connectivity index (χ0n) is 12.7. The van der Waals surface area contributed by atoms with Crippen molar-refractivity contribution in [2.45, 2.75) is 44.3 Å². The maximum absolute atomic E-state index is 11.7. The number of hydrogen-bond acceptors (Lipinski definition) is 6. The van der Waals surface area contributed by atoms with Gasteiger partial charge in [-0.3, -0.25) is 14.4 Å². The van der Waals surface area contributed by atoms with Gasteiger partial charge in [-0.15, -0.1) is 11.8 Å². The molecular weight excluding hydrogens is 312 g/mol. The molecule has 128 valence electrons. The minimum Gasteiger partial charge on any atom is -0.481 e. The standard InChI is InChI=1S/C14H24O7S/c1-10(9-22-11(13(18)19)8-12(16)17)14(20)21-7-5-3-2-4-6-15/h10-11,15H,2-9H2,1H3,(H,16,17)(H,18,19). The SMILES string of the molecule is CC(CSC(CC(=O)O)C(=O)O)C(=O)OCCCCCCO. The van der Waals surface area contributed by atoms with Gasteiger partial charge >= 0.3 is 17.9 Å². The topological polar surface area (TPSA) is 121 Å². The Morgan fingerprint density at radius 2 is 1.73 bits per heavy atom. The Kier molecular flexibility index (Phi) is 11.6. The Morgan fingerprint density at radius 3 is 2.27 bits per heavy atom. The Labute approximate surface area is 134 Å². The quantitative estimate of drug-likeness (QED) is 0.341. The number of carbonyl (C=O) groups excluding carboxylic acids is 1. The minimum atomic E-state index is -1.20. The zero-order chi connectivity index (χ0) is 17.0. The van der Waals surface area contributed by atoms with Crippen LogP contribution in [0.5, 0.6) is 0 Å². The highest BCUT2D eigenvalue weighted by atomic mass is 32.2. The summed E-state index contributed by atoms with van der Waals surface area (Å²) in [6, 6.07) is 0. The van der Waals surface area contributed by atoms with Gasteiger partial charge in [0, 0.05) is 12.4 Å². The van der Waals surface area contributed by atoms with Crippen LogP contribution in [0.15, 0.2) is 0 Å². The fourth-order valence-electron chi connectivity index (χ4n) is 1.59. The van der Waals surface area contributed by atoms with Gasteiger partial charge in [0.2, 0.25) is 0 Å². The smallest absolute Gasteiger partial charge is 0.317 e. The van der Waals surface area contributed by atoms with Crippen LogP contribution in [0, 0.1) is 5.92 Å². The number of aliphatic hydroxyl groups is 1. The van der Waals surface area contributed by atoms with E-state index in [1.807, 2.05) is 0 Å². The van der Waals surface area contributed by atoms with Gasteiger partial charge in [-0.05, 0) is 19.3 Å². The van der Waals surface area contributed by atoms with Crippen LogP contribution in [0.4, 0.5) is 0 Å². The van der Waals surface area contributed by atoms with Gasteiger partial charge in [-0.25, -0.2) is 0 Å². The van der Waals surface area contributed by atoms with Crippen molar-refractivity contribution in [1.82, 2.24) is 0 Å². The number of carboxylic acid groups (broad SMARTS) is 2. The molecule has 8 heteroatoms. The predicted molar refractivity (Wildman–Crippen MR) is 81.8 cm³/mol. The zero-order valence-corrected chi connectivity index (χ0v) is 13.5. The van der Waals surface area contributed by atoms with Crippen LogP contribution in [0.1, 0.15) is 39.0 Å². The maximum Gasteiger partial charge on any atom is 0.317 e. The van der Waals surface area contributed by atoms with Crippen molar-refractivity contribution in [1.29, 1.82) is 0 Å². The minimum absolute atomic E-state index is 0.162. The first-order chi connectivity index (χ1) is 10.4. The number of aliphatic hydroxyl groups excluding tert-OH is 1. The van der Waals surface area contributed by atoms with E-state index in [0.29, 0.717) is 6.61 Å². The van der Waals surface area contributed by atoms with Crippen molar-refractivity contribution in [2.75, 3.05) is 19.0 Å². The molecule has 0 heterocycles. The predicted octanol–water partition coefficient (Wildman–Crippen LogP) is 1.38. The van der Waals surface area contributed by atoms with E-state index in [0.717, 1.165) is 37.4 Å². The maximum atomic E-state index is 11.7. The number of rotatable bonds is 13. The van der Waals surface area contributed by atoms with Crippen LogP contribution in [-0.2, 0) is 19.1 Å². The van der Waals surface area contributed by atoms with E-state index in [1.54, 1.807) is 6.92 Å². The second kappa shape index (κ2) is 12.3. The van der Waals surface area contributed by atoms with Crippen molar-refractivity contribution in [3.8, 4) is 0 Å². The van der Waals surface area contributed by atoms with Gasteiger partial charge in [-0.1, -0.05) is 13.3 Å². The van der Waals surface area contributed by atoms with Crippen molar-refractivity contribution in [3.63, 3.8) is 0 Å². The summed E-state index contributed by atoms with van der Waals surface area (Å²) in [5, 5.41) is 25.1. The van der Waals surface area contributed by atoms with E-state index in [2.05, 4.69) is 0 Å². The summed E-state index contributed by atoms with van der Waals surface area (Å²) in [6.07, 6.45) is 2.74. The van der Waals surface area contributed by atoms with E-state index >= 15 is 0 Å². The molecular formula is C14H24O7S. The molecule has 0 saturated carbocycles. The molecule has 0 aromatic heterocycles. The molecule has 0 fully saturated rings. The average molecular weight is 336 g/mol. The number of hydrogen-bond donors (Lipinski definition) is 3. The van der Waals surface area contributed by atoms with Gasteiger partial charge in [0.05, 0.1) is 18.9 Å². The van der Waals surface area contributed by atoms with Gasteiger partial charge in [0.1, 0.15) is 5.25 Å². The van der Waals surface area contributed by atoms with Crippen LogP contribution < -0.4 is 0 Å². The van der Waals surface area contributed by atoms with Gasteiger partial charge in [-0.2, -0.15) is 0 Å². The molecule has 0 amide bonds. The summed E-state index contributed by atoms with van der Waals surface area (Å²) >= 11 is 0.936. The number of carbonyl (C=O) groups is 3. The number of aliphatic carboxylic acids is 2. The Hall–Kier alpha value is -1.28. The summed E-state index contributed by atoms with van der Waals surface area (Å²) in [5.41, 5.74) is 0. The molecule has 0 aromatic carbocycles. The molecule has 0 aromatic rings. The third kappa shape index (κ3) is 10.4. The van der Waals surface area contributed by atoms with Crippen molar-refractivity contribution in [2.24, 2.45) is 5.92 Å². The molecule has 0 aliphatic rings. The summed E-state index contributed by atoms with van der Waals surface area (Å²) in [6.45, 7) is 2.09. The molecule has 0 saturated heterocycles. The van der Waals surface area contributed by atoms with E-state index in [1.165, 1.54) is 0 Å². The number of carboxylic acids is 2. The molecule has 0 aliphatic carbocycles. The van der Waals surface area contributed by atoms with Crippen LogP contribution in [-0.4, -0.2) is 57.4 Å². The van der Waals surface area contributed by atoms with Crippen LogP contribution in [0.2, 0.25) is 0 Å². The van der Waals surface area contributed by atoms with Gasteiger partial charge < -0.3 is 20.1 Å². The largest absolute Gasteiger partial charge is 0.481 e. The normalized spacial score (nSPS) is 13.4. The lowest BCUT2D eigenvalue weighted by Gasteiger charge is -2.14. The monoisotopic (exact) mass is 336 g/mol. The van der Waals surface area contributed by atoms with E-state index in [-0.39, 0.29) is 12.4 Å². The summed E-state index contributed by atoms with van der Waals surface area (Å²) in [7, 11) is 0. The lowest BCUT2D eigenvalue weighted by atomic mass is 10.2. The van der Waals surface area contributed by atoms with Crippen molar-refractivity contribution >= 4 is 29.7 Å². The molecule has 0 radical (unpaired) electrons. The second-order valence-electron chi connectivity index (χ2n) is 4.96. The first kappa shape index (κ1) is 20.7. The number of thioether (sulfide) groups is 1. The fourth-order valence-corrected chi connectivity index (χ4v) is 2.65. The van der Waals surface area contributed by atoms with Crippen molar-refractivity contribution in [3.05, 3.63) is 0 Å². The summed E-state index contributed by atoms with van der Waals surface area (Å²) in [5.74, 6) is -3.07. The van der Waals surface area contributed by atoms with Gasteiger partial charge in [0.15, 0.2) is 0 Å². The molecule has 7 nitrogen and oxygen atoms in total. The van der Waals surface area contributed by atoms with E-state index in [4.69, 9.17) is 20.1 Å². The Bertz CT molecular complexity index is 359. The molecule has 2 atom stereocenters. The Balaban J connectivity index is 3.93. The molecule has 0 bridgehead atoms. The molecule has 3 N–H and O–H groups in total. The van der Waals surface area contributed by atoms with Crippen LogP contribution >= 0.6 is 11.8 Å². The third-order valence-electron chi connectivity index (χ3n) is 2.88. The van der Waals surface area contributed by atoms with Crippen molar-refractivity contribution < 1.29 is 34.4 Å². The first-order valence-electron chi connectivity index (χ1n) is 7.22. The molecule has 2 unspecified atom stereocenters. The van der Waals surface area contributed by atoms with Crippen LogP contribution in [0.3, 0.4) is 0 Å². The number of ether oxygens (including phenoxy) is 1. The highest BCUT2D eigenvalue weighted by Crippen LogP contribution is 2.19.